The molecular formula is C83H146O17P2. The van der Waals surface area contributed by atoms with E-state index < -0.39 is 97.5 Å². The average Bonchev–Trinajstić information content (AvgIpc) is 0.939. The Balaban J connectivity index is 5.33. The first kappa shape index (κ1) is 98.0. The number of phosphoric acid groups is 2. The maximum absolute atomic E-state index is 13.1. The van der Waals surface area contributed by atoms with Crippen LogP contribution in [-0.4, -0.2) is 96.7 Å². The molecule has 0 heterocycles. The van der Waals surface area contributed by atoms with Crippen molar-refractivity contribution in [1.82, 2.24) is 0 Å². The fourth-order valence-corrected chi connectivity index (χ4v) is 12.5. The molecule has 0 rings (SSSR count). The highest BCUT2D eigenvalue weighted by Gasteiger charge is 2.30. The van der Waals surface area contributed by atoms with Gasteiger partial charge >= 0.3 is 39.5 Å². The Bertz CT molecular complexity index is 2310. The molecule has 5 unspecified atom stereocenters. The highest BCUT2D eigenvalue weighted by Crippen LogP contribution is 2.45. The van der Waals surface area contributed by atoms with Crippen molar-refractivity contribution in [2.75, 3.05) is 39.6 Å². The van der Waals surface area contributed by atoms with Crippen LogP contribution in [0.15, 0.2) is 97.2 Å². The molecule has 0 amide bonds. The zero-order valence-corrected chi connectivity index (χ0v) is 66.3. The SMILES string of the molecule is CC/C=C\C/C=C\C/C=C\C/C=C\CCCCCCCCC(=O)OCC(COP(=O)(O)OCC(O)COP(=O)(O)OCC(COC(=O)CCCCCC/C=C\C/C=C\C/C=C\C/C=C\CC)OC(=O)CCCCCCCCCCCCC)OC(=O)CCCCCCCCCCCCCCCCC. The third-order valence-electron chi connectivity index (χ3n) is 17.1. The fourth-order valence-electron chi connectivity index (χ4n) is 11.0. The molecule has 0 aliphatic heterocycles. The highest BCUT2D eigenvalue weighted by atomic mass is 31.2. The first-order valence-corrected chi connectivity index (χ1v) is 43.5. The number of unbranched alkanes of at least 4 members (excludes halogenated alkanes) is 34. The van der Waals surface area contributed by atoms with E-state index in [9.17, 15) is 43.2 Å². The summed E-state index contributed by atoms with van der Waals surface area (Å²) >= 11 is 0. The predicted molar refractivity (Wildman–Crippen MR) is 418 cm³/mol. The Hall–Kier alpha value is -4.02. The molecule has 102 heavy (non-hydrogen) atoms. The van der Waals surface area contributed by atoms with Crippen LogP contribution >= 0.6 is 15.6 Å². The van der Waals surface area contributed by atoms with Gasteiger partial charge in [-0.2, -0.15) is 0 Å². The predicted octanol–water partition coefficient (Wildman–Crippen LogP) is 23.6. The molecular weight excluding hydrogens is 1330 g/mol. The molecule has 0 bridgehead atoms. The third-order valence-corrected chi connectivity index (χ3v) is 19.0. The van der Waals surface area contributed by atoms with Crippen LogP contribution in [0.5, 0.6) is 0 Å². The molecule has 17 nitrogen and oxygen atoms in total. The summed E-state index contributed by atoms with van der Waals surface area (Å²) < 4.78 is 68.6. The molecule has 0 saturated heterocycles. The molecule has 5 atom stereocenters. The molecule has 19 heteroatoms. The second kappa shape index (κ2) is 75.2. The number of allylic oxidation sites excluding steroid dienone is 16. The van der Waals surface area contributed by atoms with Crippen molar-refractivity contribution in [1.29, 1.82) is 0 Å². The second-order valence-corrected chi connectivity index (χ2v) is 29.9. The van der Waals surface area contributed by atoms with Crippen LogP contribution in [0.2, 0.25) is 0 Å². The van der Waals surface area contributed by atoms with Crippen LogP contribution in [0.25, 0.3) is 0 Å². The van der Waals surface area contributed by atoms with Crippen molar-refractivity contribution in [3.05, 3.63) is 97.2 Å². The van der Waals surface area contributed by atoms with E-state index in [1.807, 2.05) is 0 Å². The fraction of sp³-hybridized carbons (Fsp3) is 0.759. The van der Waals surface area contributed by atoms with E-state index in [-0.39, 0.29) is 25.7 Å². The molecule has 3 N–H and O–H groups in total. The Labute approximate surface area is 620 Å². The van der Waals surface area contributed by atoms with Crippen LogP contribution < -0.4 is 0 Å². The highest BCUT2D eigenvalue weighted by molar-refractivity contribution is 7.47. The Morgan fingerprint density at radius 3 is 0.784 bits per heavy atom. The normalized spacial score (nSPS) is 14.4. The summed E-state index contributed by atoms with van der Waals surface area (Å²) in [6.45, 7) is 4.65. The number of esters is 4. The topological polar surface area (TPSA) is 237 Å². The van der Waals surface area contributed by atoms with Crippen LogP contribution in [-0.2, 0) is 65.4 Å². The van der Waals surface area contributed by atoms with Crippen molar-refractivity contribution >= 4 is 39.5 Å². The number of carbonyl (C=O) groups is 4. The summed E-state index contributed by atoms with van der Waals surface area (Å²) in [6.07, 6.45) is 79.5. The van der Waals surface area contributed by atoms with E-state index in [0.29, 0.717) is 25.7 Å². The minimum absolute atomic E-state index is 0.0923. The molecule has 0 fully saturated rings. The summed E-state index contributed by atoms with van der Waals surface area (Å²) in [5.74, 6) is -2.19. The Kier molecular flexibility index (Phi) is 72.3. The number of rotatable bonds is 76. The molecule has 0 radical (unpaired) electrons. The maximum atomic E-state index is 13.1. The van der Waals surface area contributed by atoms with Gasteiger partial charge in [0.1, 0.15) is 19.3 Å². The van der Waals surface area contributed by atoms with Crippen molar-refractivity contribution in [2.24, 2.45) is 0 Å². The van der Waals surface area contributed by atoms with E-state index >= 15 is 0 Å². The van der Waals surface area contributed by atoms with Crippen LogP contribution in [0.4, 0.5) is 0 Å². The number of carbonyl (C=O) groups excluding carboxylic acids is 4. The van der Waals surface area contributed by atoms with Crippen molar-refractivity contribution < 1.29 is 80.2 Å². The molecule has 0 spiro atoms. The van der Waals surface area contributed by atoms with Gasteiger partial charge in [0.2, 0.25) is 0 Å². The molecule has 0 saturated carbocycles. The van der Waals surface area contributed by atoms with E-state index in [4.69, 9.17) is 37.0 Å². The number of aliphatic hydroxyl groups is 1. The lowest BCUT2D eigenvalue weighted by molar-refractivity contribution is -0.161. The van der Waals surface area contributed by atoms with Crippen molar-refractivity contribution in [3.63, 3.8) is 0 Å². The smallest absolute Gasteiger partial charge is 0.462 e. The Morgan fingerprint density at radius 1 is 0.284 bits per heavy atom. The number of hydrogen-bond acceptors (Lipinski definition) is 15. The van der Waals surface area contributed by atoms with Crippen molar-refractivity contribution in [2.45, 2.75) is 367 Å². The summed E-state index contributed by atoms with van der Waals surface area (Å²) in [7, 11) is -9.95. The lowest BCUT2D eigenvalue weighted by atomic mass is 10.0. The van der Waals surface area contributed by atoms with Gasteiger partial charge in [-0.05, 0) is 103 Å². The van der Waals surface area contributed by atoms with E-state index in [1.165, 1.54) is 103 Å². The number of aliphatic hydroxyl groups excluding tert-OH is 1. The van der Waals surface area contributed by atoms with E-state index in [0.717, 1.165) is 167 Å². The van der Waals surface area contributed by atoms with Crippen molar-refractivity contribution in [3.8, 4) is 0 Å². The maximum Gasteiger partial charge on any atom is 0.472 e. The van der Waals surface area contributed by atoms with E-state index in [1.54, 1.807) is 0 Å². The Morgan fingerprint density at radius 2 is 0.510 bits per heavy atom. The first-order chi connectivity index (χ1) is 49.7. The van der Waals surface area contributed by atoms with E-state index in [2.05, 4.69) is 125 Å². The lowest BCUT2D eigenvalue weighted by Gasteiger charge is -2.21. The summed E-state index contributed by atoms with van der Waals surface area (Å²) in [6, 6.07) is 0. The zero-order valence-electron chi connectivity index (χ0n) is 64.5. The average molecular weight is 1480 g/mol. The van der Waals surface area contributed by atoms with Gasteiger partial charge in [-0.25, -0.2) is 9.13 Å². The summed E-state index contributed by atoms with van der Waals surface area (Å²) in [5, 5.41) is 10.6. The van der Waals surface area contributed by atoms with Crippen LogP contribution in [0.3, 0.4) is 0 Å². The molecule has 590 valence electrons. The van der Waals surface area contributed by atoms with Gasteiger partial charge in [-0.1, -0.05) is 318 Å². The van der Waals surface area contributed by atoms with Gasteiger partial charge in [0.15, 0.2) is 12.2 Å². The lowest BCUT2D eigenvalue weighted by Crippen LogP contribution is -2.30. The molecule has 0 aliphatic carbocycles. The minimum Gasteiger partial charge on any atom is -0.462 e. The van der Waals surface area contributed by atoms with Gasteiger partial charge in [0.25, 0.3) is 0 Å². The molecule has 0 aliphatic rings. The zero-order chi connectivity index (χ0) is 74.6. The number of phosphoric ester groups is 2. The summed E-state index contributed by atoms with van der Waals surface area (Å²) in [5.41, 5.74) is 0. The largest absolute Gasteiger partial charge is 0.472 e. The first-order valence-electron chi connectivity index (χ1n) is 40.5. The van der Waals surface area contributed by atoms with Gasteiger partial charge in [0, 0.05) is 25.7 Å². The third kappa shape index (κ3) is 74.3. The molecule has 0 aromatic rings. The van der Waals surface area contributed by atoms with Gasteiger partial charge in [0.05, 0.1) is 26.4 Å². The minimum atomic E-state index is -4.98. The summed E-state index contributed by atoms with van der Waals surface area (Å²) in [4.78, 5) is 73.0. The van der Waals surface area contributed by atoms with Gasteiger partial charge in [-0.15, -0.1) is 0 Å². The van der Waals surface area contributed by atoms with Crippen LogP contribution in [0.1, 0.15) is 349 Å². The van der Waals surface area contributed by atoms with Gasteiger partial charge < -0.3 is 33.8 Å². The number of ether oxygens (including phenoxy) is 4. The quantitative estimate of drug-likeness (QED) is 0.0169. The van der Waals surface area contributed by atoms with Crippen LogP contribution in [0, 0.1) is 0 Å². The molecule has 0 aromatic carbocycles. The monoisotopic (exact) mass is 1480 g/mol. The van der Waals surface area contributed by atoms with Gasteiger partial charge in [-0.3, -0.25) is 37.3 Å². The standard InChI is InChI=1S/C83H146O17P2/c1-5-9-13-17-21-25-29-32-35-37-38-40-43-45-49-52-56-60-64-68-81(86)94-74-79(100-83(88)70-66-62-58-54-50-46-41-34-31-27-23-19-15-11-7-3)76-98-102(91,92)96-72-77(84)71-95-101(89,90)97-75-78(99-82(87)69-65-61-57-53-47-28-24-20-16-12-8-4)73-93-80(85)67-63-59-55-51-48-44-42-39-36-33-30-26-22-18-14-10-6-2/h9-10,13-14,21-22,25-26,32-33,35-36,38,40,42,44,77-79,84H,5-8,11-12,15-20,23-24,27-31,34,37,39,41,43,45-76H2,1-4H3,(H,89,90)(H,91,92)/b13-9-,14-10-,25-21-,26-22-,35-32-,36-33-,40-38-,44-42-. The second-order valence-electron chi connectivity index (χ2n) is 27.0. The number of hydrogen-bond donors (Lipinski definition) is 3. The molecule has 0 aromatic heterocycles.